The molecule has 0 aliphatic carbocycles. The van der Waals surface area contributed by atoms with Gasteiger partial charge < -0.3 is 4.74 Å². The maximum atomic E-state index is 13.2. The number of halogens is 2. The summed E-state index contributed by atoms with van der Waals surface area (Å²) in [7, 11) is -2.31. The first-order valence-electron chi connectivity index (χ1n) is 7.31. The predicted molar refractivity (Wildman–Crippen MR) is 94.7 cm³/mol. The van der Waals surface area contributed by atoms with E-state index in [9.17, 15) is 12.8 Å². The van der Waals surface area contributed by atoms with Crippen LogP contribution in [0.2, 0.25) is 0 Å². The van der Waals surface area contributed by atoms with Crippen molar-refractivity contribution < 1.29 is 17.5 Å². The summed E-state index contributed by atoms with van der Waals surface area (Å²) in [6.07, 6.45) is 0. The van der Waals surface area contributed by atoms with Crippen molar-refractivity contribution in [2.24, 2.45) is 0 Å². The van der Waals surface area contributed by atoms with Crippen molar-refractivity contribution in [1.29, 1.82) is 5.26 Å². The third-order valence-corrected chi connectivity index (χ3v) is 6.13. The van der Waals surface area contributed by atoms with Crippen molar-refractivity contribution in [3.63, 3.8) is 0 Å². The molecule has 8 heteroatoms. The van der Waals surface area contributed by atoms with Crippen LogP contribution in [0.15, 0.2) is 51.8 Å². The molecule has 0 saturated carbocycles. The molecule has 0 aromatic heterocycles. The highest BCUT2D eigenvalue weighted by Gasteiger charge is 2.25. The van der Waals surface area contributed by atoms with Gasteiger partial charge in [0.15, 0.2) is 0 Å². The van der Waals surface area contributed by atoms with Gasteiger partial charge in [-0.25, -0.2) is 12.8 Å². The molecule has 0 heterocycles. The van der Waals surface area contributed by atoms with E-state index >= 15 is 0 Å². The van der Waals surface area contributed by atoms with Gasteiger partial charge in [0.25, 0.3) is 0 Å². The highest BCUT2D eigenvalue weighted by Crippen LogP contribution is 2.23. The number of nitrogens with zero attached hydrogens (tertiary/aromatic N) is 2. The van der Waals surface area contributed by atoms with Gasteiger partial charge in [-0.3, -0.25) is 0 Å². The van der Waals surface area contributed by atoms with Gasteiger partial charge in [-0.1, -0.05) is 22.0 Å². The second kappa shape index (κ2) is 8.54. The molecule has 0 spiro atoms. The van der Waals surface area contributed by atoms with Crippen LogP contribution in [0.5, 0.6) is 0 Å². The lowest BCUT2D eigenvalue weighted by Crippen LogP contribution is -2.33. The smallest absolute Gasteiger partial charge is 0.243 e. The van der Waals surface area contributed by atoms with Crippen LogP contribution in [0.1, 0.15) is 11.1 Å². The van der Waals surface area contributed by atoms with Gasteiger partial charge in [0.05, 0.1) is 23.1 Å². The second-order valence-corrected chi connectivity index (χ2v) is 8.00. The average Bonchev–Trinajstić information content (AvgIpc) is 2.60. The molecule has 2 aromatic carbocycles. The van der Waals surface area contributed by atoms with Crippen LogP contribution in [-0.4, -0.2) is 33.0 Å². The molecule has 2 aromatic rings. The minimum atomic E-state index is -3.79. The summed E-state index contributed by atoms with van der Waals surface area (Å²) in [5.41, 5.74) is 1.01. The molecule has 0 radical (unpaired) electrons. The Morgan fingerprint density at radius 3 is 2.48 bits per heavy atom. The number of nitriles is 1. The normalized spacial score (nSPS) is 11.5. The highest BCUT2D eigenvalue weighted by atomic mass is 79.9. The Kier molecular flexibility index (Phi) is 6.67. The third-order valence-electron chi connectivity index (χ3n) is 3.53. The average molecular weight is 427 g/mol. The lowest BCUT2D eigenvalue weighted by Gasteiger charge is -2.22. The first kappa shape index (κ1) is 19.5. The molecule has 0 atom stereocenters. The van der Waals surface area contributed by atoms with E-state index in [-0.39, 0.29) is 24.6 Å². The Morgan fingerprint density at radius 2 is 1.92 bits per heavy atom. The molecular formula is C17H16BrFN2O3S. The monoisotopic (exact) mass is 426 g/mol. The zero-order valence-corrected chi connectivity index (χ0v) is 15.8. The van der Waals surface area contributed by atoms with Gasteiger partial charge in [0.1, 0.15) is 5.82 Å². The third kappa shape index (κ3) is 4.86. The van der Waals surface area contributed by atoms with Crippen LogP contribution >= 0.6 is 15.9 Å². The predicted octanol–water partition coefficient (Wildman–Crippen LogP) is 3.30. The zero-order valence-electron chi connectivity index (χ0n) is 13.4. The fraction of sp³-hybridized carbons (Fsp3) is 0.235. The Labute approximate surface area is 154 Å². The maximum absolute atomic E-state index is 13.2. The van der Waals surface area contributed by atoms with Gasteiger partial charge in [-0.15, -0.1) is 0 Å². The largest absolute Gasteiger partial charge is 0.383 e. The van der Waals surface area contributed by atoms with Crippen LogP contribution in [0, 0.1) is 17.1 Å². The zero-order chi connectivity index (χ0) is 18.4. The molecular weight excluding hydrogens is 411 g/mol. The summed E-state index contributed by atoms with van der Waals surface area (Å²) in [4.78, 5) is 0.0841. The molecule has 0 N–H and O–H groups in total. The lowest BCUT2D eigenvalue weighted by atomic mass is 10.2. The van der Waals surface area contributed by atoms with Gasteiger partial charge >= 0.3 is 0 Å². The molecule has 25 heavy (non-hydrogen) atoms. The first-order valence-corrected chi connectivity index (χ1v) is 9.55. The van der Waals surface area contributed by atoms with E-state index in [4.69, 9.17) is 10.00 Å². The topological polar surface area (TPSA) is 70.4 Å². The molecule has 0 amide bonds. The van der Waals surface area contributed by atoms with Crippen molar-refractivity contribution >= 4 is 26.0 Å². The molecule has 0 aliphatic rings. The minimum absolute atomic E-state index is 0.0621. The summed E-state index contributed by atoms with van der Waals surface area (Å²) in [6.45, 7) is 0.420. The van der Waals surface area contributed by atoms with Crippen molar-refractivity contribution in [2.45, 2.75) is 11.4 Å². The summed E-state index contributed by atoms with van der Waals surface area (Å²) in [5.74, 6) is -0.408. The summed E-state index contributed by atoms with van der Waals surface area (Å²) in [5, 5.41) is 8.84. The summed E-state index contributed by atoms with van der Waals surface area (Å²) < 4.78 is 45.8. The fourth-order valence-electron chi connectivity index (χ4n) is 2.17. The van der Waals surface area contributed by atoms with Crippen LogP contribution in [0.4, 0.5) is 4.39 Å². The van der Waals surface area contributed by atoms with E-state index in [1.165, 1.54) is 53.9 Å². The number of ether oxygens (including phenoxy) is 1. The maximum Gasteiger partial charge on any atom is 0.243 e. The Bertz CT molecular complexity index is 880. The van der Waals surface area contributed by atoms with Crippen LogP contribution in [-0.2, 0) is 21.3 Å². The van der Waals surface area contributed by atoms with Crippen LogP contribution in [0.3, 0.4) is 0 Å². The minimum Gasteiger partial charge on any atom is -0.383 e. The number of rotatable bonds is 7. The summed E-state index contributed by atoms with van der Waals surface area (Å²) in [6, 6.07) is 11.8. The van der Waals surface area contributed by atoms with Gasteiger partial charge in [-0.2, -0.15) is 9.57 Å². The highest BCUT2D eigenvalue weighted by molar-refractivity contribution is 9.10. The molecule has 2 rings (SSSR count). The molecule has 0 saturated heterocycles. The van der Waals surface area contributed by atoms with Gasteiger partial charge in [0.2, 0.25) is 10.0 Å². The number of hydrogen-bond acceptors (Lipinski definition) is 4. The van der Waals surface area contributed by atoms with Crippen molar-refractivity contribution in [3.05, 3.63) is 63.9 Å². The Morgan fingerprint density at radius 1 is 1.24 bits per heavy atom. The van der Waals surface area contributed by atoms with Crippen molar-refractivity contribution in [2.75, 3.05) is 20.3 Å². The molecule has 0 unspecified atom stereocenters. The molecule has 0 bridgehead atoms. The number of benzene rings is 2. The quantitative estimate of drug-likeness (QED) is 0.680. The standard InChI is InChI=1S/C17H16BrFN2O3S/c1-24-9-8-21(12-14-4-5-15(19)10-17(14)18)25(22,23)16-6-2-13(11-20)3-7-16/h2-7,10H,8-9,12H2,1H3. The van der Waals surface area contributed by atoms with Crippen molar-refractivity contribution in [1.82, 2.24) is 4.31 Å². The number of hydrogen-bond donors (Lipinski definition) is 0. The number of sulfonamides is 1. The van der Waals surface area contributed by atoms with E-state index in [2.05, 4.69) is 15.9 Å². The van der Waals surface area contributed by atoms with E-state index in [0.29, 0.717) is 15.6 Å². The number of methoxy groups -OCH3 is 1. The van der Waals surface area contributed by atoms with Gasteiger partial charge in [0, 0.05) is 24.7 Å². The SMILES string of the molecule is COCCN(Cc1ccc(F)cc1Br)S(=O)(=O)c1ccc(C#N)cc1. The Balaban J connectivity index is 2.35. The fourth-order valence-corrected chi connectivity index (χ4v) is 4.05. The first-order chi connectivity index (χ1) is 11.9. The molecule has 132 valence electrons. The summed E-state index contributed by atoms with van der Waals surface area (Å²) >= 11 is 3.26. The molecule has 0 fully saturated rings. The Hall–Kier alpha value is -1.79. The van der Waals surface area contributed by atoms with E-state index in [1.54, 1.807) is 0 Å². The van der Waals surface area contributed by atoms with E-state index in [0.717, 1.165) is 0 Å². The van der Waals surface area contributed by atoms with E-state index < -0.39 is 15.8 Å². The lowest BCUT2D eigenvalue weighted by molar-refractivity contribution is 0.177. The molecule has 0 aliphatic heterocycles. The second-order valence-electron chi connectivity index (χ2n) is 5.20. The molecule has 5 nitrogen and oxygen atoms in total. The van der Waals surface area contributed by atoms with E-state index in [1.807, 2.05) is 6.07 Å². The van der Waals surface area contributed by atoms with Gasteiger partial charge in [-0.05, 0) is 42.0 Å². The van der Waals surface area contributed by atoms with Crippen molar-refractivity contribution in [3.8, 4) is 6.07 Å². The van der Waals surface area contributed by atoms with Crippen LogP contribution < -0.4 is 0 Å². The van der Waals surface area contributed by atoms with Crippen LogP contribution in [0.25, 0.3) is 0 Å².